The van der Waals surface area contributed by atoms with Crippen LogP contribution in [-0.4, -0.2) is 21.9 Å². The number of rotatable bonds is 0. The van der Waals surface area contributed by atoms with Crippen molar-refractivity contribution in [2.75, 3.05) is 7.05 Å². The predicted molar refractivity (Wildman–Crippen MR) is 49.2 cm³/mol. The summed E-state index contributed by atoms with van der Waals surface area (Å²) >= 11 is 10.4. The van der Waals surface area contributed by atoms with Crippen molar-refractivity contribution < 1.29 is 0 Å². The maximum Gasteiger partial charge on any atom is 0.0863 e. The summed E-state index contributed by atoms with van der Waals surface area (Å²) in [4.78, 5) is 4.15. The Labute approximate surface area is 71.4 Å². The molecule has 0 spiro atoms. The van der Waals surface area contributed by atoms with E-state index < -0.39 is 0 Å². The molecule has 2 atom stereocenters. The van der Waals surface area contributed by atoms with Crippen LogP contribution < -0.4 is 0 Å². The first-order valence-corrected chi connectivity index (χ1v) is 4.35. The molecule has 0 N–H and O–H groups in total. The van der Waals surface area contributed by atoms with Crippen LogP contribution in [0.15, 0.2) is 0 Å². The van der Waals surface area contributed by atoms with E-state index in [9.17, 15) is 0 Å². The molecule has 2 rings (SSSR count). The van der Waals surface area contributed by atoms with Crippen LogP contribution in [0, 0.1) is 11.8 Å². The summed E-state index contributed by atoms with van der Waals surface area (Å²) in [7, 11) is 1.99. The summed E-state index contributed by atoms with van der Waals surface area (Å²) in [6.07, 6.45) is 2.52. The highest BCUT2D eigenvalue weighted by Gasteiger charge is 2.45. The Morgan fingerprint density at radius 3 is 1.80 bits per heavy atom. The van der Waals surface area contributed by atoms with Gasteiger partial charge in [0.15, 0.2) is 0 Å². The molecular weight excluding hydrogens is 162 g/mol. The molecule has 1 aliphatic heterocycles. The molecule has 2 unspecified atom stereocenters. The molecule has 0 radical (unpaired) electrons. The van der Waals surface area contributed by atoms with E-state index in [0.717, 1.165) is 9.98 Å². The molecular formula is C7H9NS2. The quantitative estimate of drug-likeness (QED) is 0.510. The van der Waals surface area contributed by atoms with Gasteiger partial charge in [0.2, 0.25) is 0 Å². The lowest BCUT2D eigenvalue weighted by molar-refractivity contribution is 0.350. The van der Waals surface area contributed by atoms with Gasteiger partial charge in [0.1, 0.15) is 0 Å². The minimum atomic E-state index is 0.632. The number of hydrogen-bond donors (Lipinski definition) is 0. The molecule has 54 valence electrons. The summed E-state index contributed by atoms with van der Waals surface area (Å²) in [6, 6.07) is 0. The molecule has 0 aromatic carbocycles. The number of thiocarbonyl (C=S) groups is 2. The molecule has 1 nitrogen and oxygen atoms in total. The highest BCUT2D eigenvalue weighted by atomic mass is 32.1. The maximum absolute atomic E-state index is 5.21. The smallest absolute Gasteiger partial charge is 0.0863 e. The molecule has 1 saturated carbocycles. The largest absolute Gasteiger partial charge is 0.333 e. The Bertz CT molecular complexity index is 190. The van der Waals surface area contributed by atoms with Crippen molar-refractivity contribution in [3.8, 4) is 0 Å². The molecule has 0 aromatic heterocycles. The Morgan fingerprint density at radius 1 is 1.20 bits per heavy atom. The zero-order valence-electron chi connectivity index (χ0n) is 5.83. The second kappa shape index (κ2) is 1.98. The van der Waals surface area contributed by atoms with E-state index in [-0.39, 0.29) is 0 Å². The number of likely N-dealkylation sites (tertiary alicyclic amines) is 1. The van der Waals surface area contributed by atoms with E-state index in [1.807, 2.05) is 11.9 Å². The van der Waals surface area contributed by atoms with Crippen molar-refractivity contribution in [2.45, 2.75) is 12.8 Å². The number of hydrogen-bond acceptors (Lipinski definition) is 2. The molecule has 0 bridgehead atoms. The molecule has 2 aliphatic rings. The van der Waals surface area contributed by atoms with Gasteiger partial charge in [0, 0.05) is 18.9 Å². The molecule has 10 heavy (non-hydrogen) atoms. The van der Waals surface area contributed by atoms with Gasteiger partial charge < -0.3 is 4.90 Å². The average Bonchev–Trinajstić information content (AvgIpc) is 1.92. The number of nitrogens with zero attached hydrogens (tertiary/aromatic N) is 1. The summed E-state index contributed by atoms with van der Waals surface area (Å²) in [5, 5.41) is 0. The zero-order chi connectivity index (χ0) is 7.30. The fourth-order valence-electron chi connectivity index (χ4n) is 1.70. The zero-order valence-corrected chi connectivity index (χ0v) is 7.47. The molecule has 0 amide bonds. The van der Waals surface area contributed by atoms with Crippen LogP contribution in [0.4, 0.5) is 0 Å². The predicted octanol–water partition coefficient (Wildman–Crippen LogP) is 1.61. The third-order valence-electron chi connectivity index (χ3n) is 2.57. The third-order valence-corrected chi connectivity index (χ3v) is 3.72. The van der Waals surface area contributed by atoms with Crippen molar-refractivity contribution in [3.63, 3.8) is 0 Å². The topological polar surface area (TPSA) is 3.24 Å². The van der Waals surface area contributed by atoms with Gasteiger partial charge in [0.05, 0.1) is 9.98 Å². The Hall–Kier alpha value is -0.0200. The van der Waals surface area contributed by atoms with Crippen LogP contribution >= 0.6 is 24.4 Å². The fraction of sp³-hybridized carbons (Fsp3) is 0.714. The number of fused-ring (bicyclic) bond motifs is 1. The fourth-order valence-corrected chi connectivity index (χ4v) is 2.52. The molecule has 3 heteroatoms. The summed E-state index contributed by atoms with van der Waals surface area (Å²) in [6.45, 7) is 0. The van der Waals surface area contributed by atoms with E-state index in [2.05, 4.69) is 0 Å². The highest BCUT2D eigenvalue weighted by molar-refractivity contribution is 7.82. The third kappa shape index (κ3) is 0.623. The molecule has 0 aromatic rings. The second-order valence-corrected chi connectivity index (χ2v) is 3.86. The van der Waals surface area contributed by atoms with Crippen LogP contribution in [-0.2, 0) is 0 Å². The Balaban J connectivity index is 2.30. The minimum Gasteiger partial charge on any atom is -0.333 e. The van der Waals surface area contributed by atoms with E-state index in [1.165, 1.54) is 12.8 Å². The standard InChI is InChI=1S/C7H9NS2/c1-8-6(9)4-2-3-5(4)7(8)10/h4-5H,2-3H2,1H3. The van der Waals surface area contributed by atoms with Crippen molar-refractivity contribution in [1.82, 2.24) is 4.90 Å². The summed E-state index contributed by atoms with van der Waals surface area (Å²) in [5.74, 6) is 1.26. The van der Waals surface area contributed by atoms with Crippen molar-refractivity contribution >= 4 is 34.4 Å². The van der Waals surface area contributed by atoms with Gasteiger partial charge in [-0.05, 0) is 12.8 Å². The first-order valence-electron chi connectivity index (χ1n) is 3.53. The lowest BCUT2D eigenvalue weighted by Crippen LogP contribution is -2.26. The monoisotopic (exact) mass is 171 g/mol. The summed E-state index contributed by atoms with van der Waals surface area (Å²) < 4.78 is 0. The molecule has 2 fully saturated rings. The molecule has 1 aliphatic carbocycles. The van der Waals surface area contributed by atoms with Crippen molar-refractivity contribution in [1.29, 1.82) is 0 Å². The van der Waals surface area contributed by atoms with Gasteiger partial charge in [0.25, 0.3) is 0 Å². The maximum atomic E-state index is 5.21. The van der Waals surface area contributed by atoms with Gasteiger partial charge in [-0.25, -0.2) is 0 Å². The van der Waals surface area contributed by atoms with Crippen molar-refractivity contribution in [3.05, 3.63) is 0 Å². The van der Waals surface area contributed by atoms with Crippen LogP contribution in [0.25, 0.3) is 0 Å². The second-order valence-electron chi connectivity index (χ2n) is 3.03. The average molecular weight is 171 g/mol. The summed E-state index contributed by atoms with van der Waals surface area (Å²) in [5.41, 5.74) is 0. The Kier molecular flexibility index (Phi) is 1.32. The highest BCUT2D eigenvalue weighted by Crippen LogP contribution is 2.43. The first-order chi connectivity index (χ1) is 4.72. The van der Waals surface area contributed by atoms with Gasteiger partial charge >= 0.3 is 0 Å². The first kappa shape index (κ1) is 6.68. The van der Waals surface area contributed by atoms with Crippen LogP contribution in [0.2, 0.25) is 0 Å². The van der Waals surface area contributed by atoms with E-state index in [1.54, 1.807) is 0 Å². The van der Waals surface area contributed by atoms with Gasteiger partial charge in [-0.1, -0.05) is 24.4 Å². The van der Waals surface area contributed by atoms with Crippen LogP contribution in [0.1, 0.15) is 12.8 Å². The van der Waals surface area contributed by atoms with Crippen LogP contribution in [0.5, 0.6) is 0 Å². The van der Waals surface area contributed by atoms with E-state index in [0.29, 0.717) is 11.8 Å². The lowest BCUT2D eigenvalue weighted by Gasteiger charge is -2.27. The normalized spacial score (nSPS) is 37.9. The SMILES string of the molecule is CN1C(=S)C2CCC2C1=S. The Morgan fingerprint density at radius 2 is 1.60 bits per heavy atom. The van der Waals surface area contributed by atoms with Gasteiger partial charge in [-0.2, -0.15) is 0 Å². The molecule has 1 heterocycles. The van der Waals surface area contributed by atoms with Crippen molar-refractivity contribution in [2.24, 2.45) is 11.8 Å². The molecule has 1 saturated heterocycles. The lowest BCUT2D eigenvalue weighted by atomic mass is 9.76. The van der Waals surface area contributed by atoms with Gasteiger partial charge in [-0.15, -0.1) is 0 Å². The van der Waals surface area contributed by atoms with E-state index in [4.69, 9.17) is 24.4 Å². The minimum absolute atomic E-state index is 0.632. The van der Waals surface area contributed by atoms with E-state index >= 15 is 0 Å². The van der Waals surface area contributed by atoms with Gasteiger partial charge in [-0.3, -0.25) is 0 Å². The van der Waals surface area contributed by atoms with Crippen LogP contribution in [0.3, 0.4) is 0 Å².